The molecule has 4 nitrogen and oxygen atoms in total. The fourth-order valence-corrected chi connectivity index (χ4v) is 2.36. The van der Waals surface area contributed by atoms with Gasteiger partial charge < -0.3 is 0 Å². The van der Waals surface area contributed by atoms with Gasteiger partial charge in [0, 0.05) is 5.56 Å². The predicted octanol–water partition coefficient (Wildman–Crippen LogP) is 2.93. The molecule has 104 valence electrons. The summed E-state index contributed by atoms with van der Waals surface area (Å²) in [5, 5.41) is 0.464. The zero-order valence-electron chi connectivity index (χ0n) is 11.0. The van der Waals surface area contributed by atoms with E-state index in [0.717, 1.165) is 0 Å². The number of nitrogens with zero attached hydrogens (tertiary/aromatic N) is 2. The Morgan fingerprint density at radius 1 is 1.05 bits per heavy atom. The third-order valence-corrected chi connectivity index (χ3v) is 3.50. The summed E-state index contributed by atoms with van der Waals surface area (Å²) in [6, 6.07) is 15.7. The molecule has 0 atom stereocenters. The summed E-state index contributed by atoms with van der Waals surface area (Å²) in [5.74, 6) is -0.184. The van der Waals surface area contributed by atoms with Crippen LogP contribution in [0.25, 0.3) is 10.9 Å². The molecule has 0 bridgehead atoms. The second-order valence-electron chi connectivity index (χ2n) is 4.58. The fraction of sp³-hybridized carbons (Fsp3) is 0.0625. The molecule has 0 aliphatic carbocycles. The van der Waals surface area contributed by atoms with E-state index in [4.69, 9.17) is 11.6 Å². The molecule has 0 spiro atoms. The third kappa shape index (κ3) is 2.58. The average Bonchev–Trinajstić information content (AvgIpc) is 2.52. The lowest BCUT2D eigenvalue weighted by Crippen LogP contribution is -2.26. The van der Waals surface area contributed by atoms with E-state index < -0.39 is 0 Å². The van der Waals surface area contributed by atoms with Gasteiger partial charge in [-0.25, -0.2) is 4.98 Å². The molecule has 0 amide bonds. The van der Waals surface area contributed by atoms with Crippen molar-refractivity contribution >= 4 is 28.3 Å². The topological polar surface area (TPSA) is 52.0 Å². The van der Waals surface area contributed by atoms with Crippen LogP contribution in [0.5, 0.6) is 0 Å². The number of carbonyl (C=O) groups excluding carboxylic acids is 1. The van der Waals surface area contributed by atoms with Crippen molar-refractivity contribution in [2.45, 2.75) is 6.54 Å². The fourth-order valence-electron chi connectivity index (χ4n) is 2.14. The zero-order valence-corrected chi connectivity index (χ0v) is 11.7. The highest BCUT2D eigenvalue weighted by Crippen LogP contribution is 2.12. The van der Waals surface area contributed by atoms with Crippen LogP contribution in [0, 0.1) is 0 Å². The first-order chi connectivity index (χ1) is 10.2. The van der Waals surface area contributed by atoms with Crippen LogP contribution in [0.1, 0.15) is 10.4 Å². The van der Waals surface area contributed by atoms with Gasteiger partial charge in [0.15, 0.2) is 5.78 Å². The molecule has 3 rings (SSSR count). The maximum Gasteiger partial charge on any atom is 0.262 e. The number of rotatable bonds is 3. The minimum Gasteiger partial charge on any atom is -0.292 e. The van der Waals surface area contributed by atoms with Crippen molar-refractivity contribution in [3.05, 3.63) is 75.8 Å². The molecule has 0 radical (unpaired) electrons. The van der Waals surface area contributed by atoms with Crippen molar-refractivity contribution in [3.63, 3.8) is 0 Å². The van der Waals surface area contributed by atoms with E-state index in [1.807, 2.05) is 6.07 Å². The van der Waals surface area contributed by atoms with Gasteiger partial charge in [0.25, 0.3) is 5.56 Å². The molecule has 3 aromatic rings. The number of carbonyl (C=O) groups is 1. The van der Waals surface area contributed by atoms with E-state index >= 15 is 0 Å². The van der Waals surface area contributed by atoms with E-state index in [0.29, 0.717) is 16.5 Å². The molecule has 0 aliphatic heterocycles. The van der Waals surface area contributed by atoms with Crippen LogP contribution in [0.2, 0.25) is 5.28 Å². The number of para-hydroxylation sites is 1. The van der Waals surface area contributed by atoms with Crippen LogP contribution in [-0.2, 0) is 6.54 Å². The first-order valence-electron chi connectivity index (χ1n) is 6.40. The number of hydrogen-bond acceptors (Lipinski definition) is 3. The second kappa shape index (κ2) is 5.50. The number of aromatic nitrogens is 2. The number of ketones is 1. The summed E-state index contributed by atoms with van der Waals surface area (Å²) in [7, 11) is 0. The van der Waals surface area contributed by atoms with Crippen LogP contribution < -0.4 is 5.56 Å². The first kappa shape index (κ1) is 13.5. The van der Waals surface area contributed by atoms with Crippen molar-refractivity contribution in [2.75, 3.05) is 0 Å². The van der Waals surface area contributed by atoms with Gasteiger partial charge in [0.2, 0.25) is 5.28 Å². The SMILES string of the molecule is O=C(Cn1c(Cl)nc2ccccc2c1=O)c1ccccc1. The highest BCUT2D eigenvalue weighted by atomic mass is 35.5. The number of halogens is 1. The van der Waals surface area contributed by atoms with Gasteiger partial charge in [-0.05, 0) is 23.7 Å². The van der Waals surface area contributed by atoms with E-state index in [-0.39, 0.29) is 23.2 Å². The van der Waals surface area contributed by atoms with Gasteiger partial charge in [0.05, 0.1) is 17.4 Å². The molecular formula is C16H11ClN2O2. The van der Waals surface area contributed by atoms with Crippen LogP contribution in [0.4, 0.5) is 0 Å². The van der Waals surface area contributed by atoms with Crippen molar-refractivity contribution in [2.24, 2.45) is 0 Å². The lowest BCUT2D eigenvalue weighted by Gasteiger charge is -2.08. The molecule has 0 saturated heterocycles. The summed E-state index contributed by atoms with van der Waals surface area (Å²) < 4.78 is 1.19. The van der Waals surface area contributed by atoms with Crippen molar-refractivity contribution < 1.29 is 4.79 Å². The summed E-state index contributed by atoms with van der Waals surface area (Å²) in [6.45, 7) is -0.125. The van der Waals surface area contributed by atoms with Gasteiger partial charge in [-0.1, -0.05) is 42.5 Å². The molecule has 0 N–H and O–H groups in total. The first-order valence-corrected chi connectivity index (χ1v) is 6.78. The number of Topliss-reactive ketones (excluding diaryl/α,β-unsaturated/α-hetero) is 1. The monoisotopic (exact) mass is 298 g/mol. The molecule has 0 aliphatic rings. The average molecular weight is 299 g/mol. The lowest BCUT2D eigenvalue weighted by atomic mass is 10.1. The van der Waals surface area contributed by atoms with E-state index in [9.17, 15) is 9.59 Å². The Balaban J connectivity index is 2.05. The molecule has 1 heterocycles. The molecule has 0 saturated carbocycles. The van der Waals surface area contributed by atoms with Gasteiger partial charge in [-0.3, -0.25) is 14.2 Å². The quantitative estimate of drug-likeness (QED) is 0.552. The highest BCUT2D eigenvalue weighted by molar-refractivity contribution is 6.28. The van der Waals surface area contributed by atoms with Crippen LogP contribution in [0.3, 0.4) is 0 Å². The van der Waals surface area contributed by atoms with Crippen molar-refractivity contribution in [1.29, 1.82) is 0 Å². The minimum atomic E-state index is -0.310. The maximum absolute atomic E-state index is 12.4. The predicted molar refractivity (Wildman–Crippen MR) is 81.8 cm³/mol. The summed E-state index contributed by atoms with van der Waals surface area (Å²) in [6.07, 6.45) is 0. The number of fused-ring (bicyclic) bond motifs is 1. The van der Waals surface area contributed by atoms with Crippen LogP contribution >= 0.6 is 11.6 Å². The Labute approximate surface area is 125 Å². The van der Waals surface area contributed by atoms with Crippen molar-refractivity contribution in [3.8, 4) is 0 Å². The molecular weight excluding hydrogens is 288 g/mol. The lowest BCUT2D eigenvalue weighted by molar-refractivity contribution is 0.0970. The summed E-state index contributed by atoms with van der Waals surface area (Å²) >= 11 is 6.04. The molecule has 2 aromatic carbocycles. The van der Waals surface area contributed by atoms with E-state index in [1.54, 1.807) is 48.5 Å². The normalized spacial score (nSPS) is 10.7. The maximum atomic E-state index is 12.4. The zero-order chi connectivity index (χ0) is 14.8. The van der Waals surface area contributed by atoms with Gasteiger partial charge in [0.1, 0.15) is 0 Å². The van der Waals surface area contributed by atoms with Gasteiger partial charge in [-0.15, -0.1) is 0 Å². The van der Waals surface area contributed by atoms with Gasteiger partial charge >= 0.3 is 0 Å². The Morgan fingerprint density at radius 2 is 1.71 bits per heavy atom. The Bertz CT molecular complexity index is 872. The Morgan fingerprint density at radius 3 is 2.48 bits per heavy atom. The highest BCUT2D eigenvalue weighted by Gasteiger charge is 2.13. The number of hydrogen-bond donors (Lipinski definition) is 0. The Kier molecular flexibility index (Phi) is 3.54. The smallest absolute Gasteiger partial charge is 0.262 e. The van der Waals surface area contributed by atoms with Crippen LogP contribution in [0.15, 0.2) is 59.4 Å². The molecule has 1 aromatic heterocycles. The standard InChI is InChI=1S/C16H11ClN2O2/c17-16-18-13-9-5-4-8-12(13)15(21)19(16)10-14(20)11-6-2-1-3-7-11/h1-9H,10H2. The largest absolute Gasteiger partial charge is 0.292 e. The van der Waals surface area contributed by atoms with E-state index in [2.05, 4.69) is 4.98 Å². The van der Waals surface area contributed by atoms with E-state index in [1.165, 1.54) is 4.57 Å². The molecule has 21 heavy (non-hydrogen) atoms. The van der Waals surface area contributed by atoms with Crippen molar-refractivity contribution in [1.82, 2.24) is 9.55 Å². The molecule has 0 unspecified atom stereocenters. The van der Waals surface area contributed by atoms with Gasteiger partial charge in [-0.2, -0.15) is 0 Å². The summed E-state index contributed by atoms with van der Waals surface area (Å²) in [5.41, 5.74) is 0.749. The van der Waals surface area contributed by atoms with Crippen LogP contribution in [-0.4, -0.2) is 15.3 Å². The molecule has 5 heteroatoms. The minimum absolute atomic E-state index is 0.0166. The molecule has 0 fully saturated rings. The number of benzene rings is 2. The third-order valence-electron chi connectivity index (χ3n) is 3.21. The Hall–Kier alpha value is -2.46. The summed E-state index contributed by atoms with van der Waals surface area (Å²) in [4.78, 5) is 28.8. The second-order valence-corrected chi connectivity index (χ2v) is 4.92.